The molecule has 4 nitrogen and oxygen atoms in total. The summed E-state index contributed by atoms with van der Waals surface area (Å²) in [5, 5.41) is 8.56. The Morgan fingerprint density at radius 2 is 2.25 bits per heavy atom. The molecule has 2 aromatic heterocycles. The van der Waals surface area contributed by atoms with Crippen molar-refractivity contribution in [1.82, 2.24) is 10.1 Å². The van der Waals surface area contributed by atoms with E-state index in [4.69, 9.17) is 20.9 Å². The molecule has 0 unspecified atom stereocenters. The van der Waals surface area contributed by atoms with E-state index in [0.717, 1.165) is 16.9 Å². The summed E-state index contributed by atoms with van der Waals surface area (Å²) >= 11 is 7.49. The first kappa shape index (κ1) is 13.1. The Labute approximate surface area is 125 Å². The lowest BCUT2D eigenvalue weighted by Gasteiger charge is -2.06. The second kappa shape index (κ2) is 5.64. The number of benzene rings is 1. The monoisotopic (exact) mass is 306 g/mol. The first-order chi connectivity index (χ1) is 9.72. The van der Waals surface area contributed by atoms with Gasteiger partial charge in [-0.1, -0.05) is 16.8 Å². The summed E-state index contributed by atoms with van der Waals surface area (Å²) in [6.07, 6.45) is 0. The van der Waals surface area contributed by atoms with Gasteiger partial charge in [-0.3, -0.25) is 0 Å². The van der Waals surface area contributed by atoms with Gasteiger partial charge in [-0.15, -0.1) is 0 Å². The summed E-state index contributed by atoms with van der Waals surface area (Å²) in [4.78, 5) is 4.29. The minimum Gasteiger partial charge on any atom is -0.483 e. The van der Waals surface area contributed by atoms with E-state index >= 15 is 0 Å². The van der Waals surface area contributed by atoms with Crippen LogP contribution < -0.4 is 4.74 Å². The largest absolute Gasteiger partial charge is 0.483 e. The van der Waals surface area contributed by atoms with Gasteiger partial charge in [-0.25, -0.2) is 0 Å². The zero-order chi connectivity index (χ0) is 13.9. The van der Waals surface area contributed by atoms with Gasteiger partial charge in [0.15, 0.2) is 6.61 Å². The number of hydrogen-bond donors (Lipinski definition) is 0. The highest BCUT2D eigenvalue weighted by atomic mass is 35.5. The lowest BCUT2D eigenvalue weighted by atomic mass is 10.2. The third-order valence-electron chi connectivity index (χ3n) is 2.74. The van der Waals surface area contributed by atoms with Crippen molar-refractivity contribution in [2.75, 3.05) is 0 Å². The number of ether oxygens (including phenoxy) is 1. The fourth-order valence-electron chi connectivity index (χ4n) is 1.74. The Bertz CT molecular complexity index is 710. The van der Waals surface area contributed by atoms with E-state index in [1.807, 2.05) is 35.9 Å². The number of halogens is 1. The molecule has 1 aromatic carbocycles. The summed E-state index contributed by atoms with van der Waals surface area (Å²) in [6.45, 7) is 2.17. The second-order valence-corrected chi connectivity index (χ2v) is 5.44. The van der Waals surface area contributed by atoms with E-state index in [9.17, 15) is 0 Å². The number of aromatic nitrogens is 2. The summed E-state index contributed by atoms with van der Waals surface area (Å²) in [5.74, 6) is 1.78. The van der Waals surface area contributed by atoms with Crippen molar-refractivity contribution in [2.45, 2.75) is 13.5 Å². The minimum absolute atomic E-state index is 0.236. The second-order valence-electron chi connectivity index (χ2n) is 4.22. The van der Waals surface area contributed by atoms with Crippen LogP contribution in [0.15, 0.2) is 39.5 Å². The predicted octanol–water partition coefficient (Wildman–Crippen LogP) is 4.34. The molecular weight excluding hydrogens is 296 g/mol. The molecule has 0 fully saturated rings. The summed E-state index contributed by atoms with van der Waals surface area (Å²) in [6, 6.07) is 7.41. The molecule has 0 N–H and O–H groups in total. The normalized spacial score (nSPS) is 10.7. The molecule has 0 aliphatic carbocycles. The third-order valence-corrected chi connectivity index (χ3v) is 3.65. The Hall–Kier alpha value is -1.85. The highest BCUT2D eigenvalue weighted by Gasteiger charge is 2.10. The number of thiophene rings is 1. The molecule has 0 saturated heterocycles. The van der Waals surface area contributed by atoms with Crippen molar-refractivity contribution < 1.29 is 9.26 Å². The highest BCUT2D eigenvalue weighted by molar-refractivity contribution is 7.08. The Morgan fingerprint density at radius 1 is 1.35 bits per heavy atom. The van der Waals surface area contributed by atoms with Crippen molar-refractivity contribution in [2.24, 2.45) is 0 Å². The average molecular weight is 307 g/mol. The molecule has 0 radical (unpaired) electrons. The van der Waals surface area contributed by atoms with Crippen LogP contribution in [-0.4, -0.2) is 10.1 Å². The van der Waals surface area contributed by atoms with E-state index in [2.05, 4.69) is 10.1 Å². The Kier molecular flexibility index (Phi) is 3.71. The lowest BCUT2D eigenvalue weighted by Crippen LogP contribution is -1.97. The maximum absolute atomic E-state index is 5.90. The molecule has 6 heteroatoms. The molecule has 0 bridgehead atoms. The molecule has 3 rings (SSSR count). The predicted molar refractivity (Wildman–Crippen MR) is 78.1 cm³/mol. The van der Waals surface area contributed by atoms with Gasteiger partial charge in [-0.05, 0) is 42.1 Å². The van der Waals surface area contributed by atoms with Crippen LogP contribution in [0.1, 0.15) is 11.5 Å². The first-order valence-corrected chi connectivity index (χ1v) is 7.28. The van der Waals surface area contributed by atoms with Crippen molar-refractivity contribution in [1.29, 1.82) is 0 Å². The van der Waals surface area contributed by atoms with Gasteiger partial charge < -0.3 is 9.26 Å². The maximum atomic E-state index is 5.90. The number of nitrogens with zero attached hydrogens (tertiary/aromatic N) is 2. The third kappa shape index (κ3) is 2.84. The molecular formula is C14H11ClN2O2S. The quantitative estimate of drug-likeness (QED) is 0.719. The van der Waals surface area contributed by atoms with E-state index < -0.39 is 0 Å². The fourth-order valence-corrected chi connectivity index (χ4v) is 2.60. The van der Waals surface area contributed by atoms with Crippen molar-refractivity contribution >= 4 is 22.9 Å². The number of rotatable bonds is 4. The molecule has 0 atom stereocenters. The van der Waals surface area contributed by atoms with Crippen molar-refractivity contribution in [3.8, 4) is 17.1 Å². The lowest BCUT2D eigenvalue weighted by molar-refractivity contribution is 0.242. The van der Waals surface area contributed by atoms with Gasteiger partial charge in [-0.2, -0.15) is 16.3 Å². The standard InChI is InChI=1S/C14H11ClN2O2S/c1-9-6-11(15)2-3-12(9)18-7-13-16-14(17-19-13)10-4-5-20-8-10/h2-6,8H,7H2,1H3. The van der Waals surface area contributed by atoms with E-state index in [1.54, 1.807) is 17.4 Å². The topological polar surface area (TPSA) is 48.2 Å². The summed E-state index contributed by atoms with van der Waals surface area (Å²) in [7, 11) is 0. The highest BCUT2D eigenvalue weighted by Crippen LogP contribution is 2.23. The number of aryl methyl sites for hydroxylation is 1. The van der Waals surface area contributed by atoms with Gasteiger partial charge in [0, 0.05) is 16.0 Å². The molecule has 0 spiro atoms. The van der Waals surface area contributed by atoms with Crippen LogP contribution in [0.2, 0.25) is 5.02 Å². The number of hydrogen-bond acceptors (Lipinski definition) is 5. The Balaban J connectivity index is 1.70. The molecule has 20 heavy (non-hydrogen) atoms. The summed E-state index contributed by atoms with van der Waals surface area (Å²) in [5.41, 5.74) is 1.92. The molecule has 0 amide bonds. The van der Waals surface area contributed by atoms with E-state index in [0.29, 0.717) is 16.7 Å². The molecule has 3 aromatic rings. The smallest absolute Gasteiger partial charge is 0.264 e. The first-order valence-electron chi connectivity index (χ1n) is 5.96. The van der Waals surface area contributed by atoms with Crippen LogP contribution in [0.4, 0.5) is 0 Å². The minimum atomic E-state index is 0.236. The van der Waals surface area contributed by atoms with Gasteiger partial charge in [0.05, 0.1) is 0 Å². The van der Waals surface area contributed by atoms with Gasteiger partial charge in [0.25, 0.3) is 5.89 Å². The van der Waals surface area contributed by atoms with E-state index in [1.165, 1.54) is 0 Å². The van der Waals surface area contributed by atoms with Crippen LogP contribution in [0, 0.1) is 6.92 Å². The van der Waals surface area contributed by atoms with Crippen LogP contribution in [0.5, 0.6) is 5.75 Å². The molecule has 0 saturated carbocycles. The van der Waals surface area contributed by atoms with Gasteiger partial charge in [0.2, 0.25) is 5.82 Å². The average Bonchev–Trinajstić information content (AvgIpc) is 3.08. The van der Waals surface area contributed by atoms with E-state index in [-0.39, 0.29) is 6.61 Å². The summed E-state index contributed by atoms with van der Waals surface area (Å²) < 4.78 is 10.8. The molecule has 2 heterocycles. The molecule has 0 aliphatic heterocycles. The molecule has 0 aliphatic rings. The Morgan fingerprint density at radius 3 is 3.00 bits per heavy atom. The zero-order valence-corrected chi connectivity index (χ0v) is 12.2. The fraction of sp³-hybridized carbons (Fsp3) is 0.143. The van der Waals surface area contributed by atoms with Crippen LogP contribution >= 0.6 is 22.9 Å². The molecule has 102 valence electrons. The SMILES string of the molecule is Cc1cc(Cl)ccc1OCc1nc(-c2ccsc2)no1. The van der Waals surface area contributed by atoms with Crippen molar-refractivity contribution in [3.05, 3.63) is 51.5 Å². The van der Waals surface area contributed by atoms with Crippen molar-refractivity contribution in [3.63, 3.8) is 0 Å². The zero-order valence-electron chi connectivity index (χ0n) is 10.7. The van der Waals surface area contributed by atoms with Gasteiger partial charge >= 0.3 is 0 Å². The van der Waals surface area contributed by atoms with Crippen LogP contribution in [0.3, 0.4) is 0 Å². The van der Waals surface area contributed by atoms with Gasteiger partial charge in [0.1, 0.15) is 5.75 Å². The maximum Gasteiger partial charge on any atom is 0.264 e. The van der Waals surface area contributed by atoms with Crippen LogP contribution in [-0.2, 0) is 6.61 Å². The van der Waals surface area contributed by atoms with Crippen LogP contribution in [0.25, 0.3) is 11.4 Å².